The molecule has 9 nitrogen and oxygen atoms in total. The summed E-state index contributed by atoms with van der Waals surface area (Å²) in [7, 11) is -4.20. The molecule has 188 valence electrons. The van der Waals surface area contributed by atoms with Crippen molar-refractivity contribution in [3.63, 3.8) is 0 Å². The number of hydrogen-bond acceptors (Lipinski definition) is 6. The first-order valence-corrected chi connectivity index (χ1v) is 11.9. The number of rotatable bonds is 8. The minimum absolute atomic E-state index is 0.0464. The minimum atomic E-state index is -4.20. The average Bonchev–Trinajstić information content (AvgIpc) is 2.81. The van der Waals surface area contributed by atoms with E-state index in [0.29, 0.717) is 23.5 Å². The van der Waals surface area contributed by atoms with Crippen LogP contribution in [0.5, 0.6) is 0 Å². The van der Waals surface area contributed by atoms with Gasteiger partial charge < -0.3 is 15.4 Å². The Kier molecular flexibility index (Phi) is 8.00. The quantitative estimate of drug-likeness (QED) is 0.389. The Balaban J connectivity index is 1.58. The lowest BCUT2D eigenvalue weighted by Gasteiger charge is -2.14. The van der Waals surface area contributed by atoms with Gasteiger partial charge in [0.2, 0.25) is 5.91 Å². The second-order valence-electron chi connectivity index (χ2n) is 7.55. The molecular formula is C24H21F2N3O6S. The first-order chi connectivity index (χ1) is 16.9. The van der Waals surface area contributed by atoms with Gasteiger partial charge in [-0.05, 0) is 73.7 Å². The monoisotopic (exact) mass is 517 g/mol. The van der Waals surface area contributed by atoms with Gasteiger partial charge in [0, 0.05) is 24.0 Å². The van der Waals surface area contributed by atoms with Crippen molar-refractivity contribution in [3.05, 3.63) is 83.9 Å². The van der Waals surface area contributed by atoms with E-state index in [0.717, 1.165) is 6.07 Å². The van der Waals surface area contributed by atoms with Gasteiger partial charge in [-0.15, -0.1) is 0 Å². The molecule has 0 saturated carbocycles. The van der Waals surface area contributed by atoms with Crippen LogP contribution in [0.2, 0.25) is 0 Å². The Morgan fingerprint density at radius 1 is 0.806 bits per heavy atom. The van der Waals surface area contributed by atoms with Crippen molar-refractivity contribution >= 4 is 44.9 Å². The average molecular weight is 518 g/mol. The summed E-state index contributed by atoms with van der Waals surface area (Å²) in [5.41, 5.74) is 1.08. The number of amides is 2. The van der Waals surface area contributed by atoms with Gasteiger partial charge in [0.15, 0.2) is 17.7 Å². The predicted molar refractivity (Wildman–Crippen MR) is 128 cm³/mol. The maximum Gasteiger partial charge on any atom is 0.338 e. The standard InChI is InChI=1S/C24H21F2N3O6S/c1-14(23(31)28-18-9-7-17(8-10-18)27-15(2)30)35-24(32)16-3-5-19(6-4-16)29-36(33,34)20-11-12-21(25)22(26)13-20/h3-14,29H,1-2H3,(H,27,30)(H,28,31). The van der Waals surface area contributed by atoms with Gasteiger partial charge in [-0.1, -0.05) is 0 Å². The highest BCUT2D eigenvalue weighted by atomic mass is 32.2. The molecule has 1 atom stereocenters. The van der Waals surface area contributed by atoms with E-state index in [4.69, 9.17) is 4.74 Å². The zero-order chi connectivity index (χ0) is 26.5. The second kappa shape index (κ2) is 11.0. The lowest BCUT2D eigenvalue weighted by molar-refractivity contribution is -0.123. The molecule has 1 unspecified atom stereocenters. The van der Waals surface area contributed by atoms with Crippen LogP contribution in [0.4, 0.5) is 25.8 Å². The summed E-state index contributed by atoms with van der Waals surface area (Å²) in [6, 6.07) is 13.6. The number of anilines is 3. The van der Waals surface area contributed by atoms with Gasteiger partial charge in [0.05, 0.1) is 10.5 Å². The SMILES string of the molecule is CC(=O)Nc1ccc(NC(=O)C(C)OC(=O)c2ccc(NS(=O)(=O)c3ccc(F)c(F)c3)cc2)cc1. The molecule has 3 rings (SSSR count). The highest BCUT2D eigenvalue weighted by molar-refractivity contribution is 7.92. The third-order valence-electron chi connectivity index (χ3n) is 4.70. The lowest BCUT2D eigenvalue weighted by Crippen LogP contribution is -2.30. The van der Waals surface area contributed by atoms with Gasteiger partial charge in [-0.25, -0.2) is 22.0 Å². The molecule has 0 radical (unpaired) electrons. The Morgan fingerprint density at radius 2 is 1.36 bits per heavy atom. The van der Waals surface area contributed by atoms with E-state index in [9.17, 15) is 31.6 Å². The van der Waals surface area contributed by atoms with Gasteiger partial charge in [-0.2, -0.15) is 0 Å². The fraction of sp³-hybridized carbons (Fsp3) is 0.125. The van der Waals surface area contributed by atoms with E-state index >= 15 is 0 Å². The molecule has 36 heavy (non-hydrogen) atoms. The van der Waals surface area contributed by atoms with Crippen LogP contribution in [0.15, 0.2) is 71.6 Å². The van der Waals surface area contributed by atoms with Crippen molar-refractivity contribution in [3.8, 4) is 0 Å². The number of carbonyl (C=O) groups excluding carboxylic acids is 3. The number of nitrogens with one attached hydrogen (secondary N) is 3. The van der Waals surface area contributed by atoms with Crippen LogP contribution < -0.4 is 15.4 Å². The summed E-state index contributed by atoms with van der Waals surface area (Å²) in [6.07, 6.45) is -1.15. The normalized spacial score (nSPS) is 11.8. The molecule has 3 N–H and O–H groups in total. The zero-order valence-corrected chi connectivity index (χ0v) is 19.9. The molecule has 3 aromatic rings. The summed E-state index contributed by atoms with van der Waals surface area (Å²) >= 11 is 0. The maximum absolute atomic E-state index is 13.4. The Labute approximate surface area is 205 Å². The third-order valence-corrected chi connectivity index (χ3v) is 6.08. The molecule has 0 saturated heterocycles. The van der Waals surface area contributed by atoms with E-state index in [1.165, 1.54) is 38.1 Å². The van der Waals surface area contributed by atoms with Crippen molar-refractivity contribution in [2.24, 2.45) is 0 Å². The van der Waals surface area contributed by atoms with Crippen LogP contribution in [0.1, 0.15) is 24.2 Å². The molecule has 0 spiro atoms. The molecule has 12 heteroatoms. The van der Waals surface area contributed by atoms with Gasteiger partial charge in [0.1, 0.15) is 0 Å². The molecule has 0 aliphatic heterocycles. The molecule has 3 aromatic carbocycles. The highest BCUT2D eigenvalue weighted by Gasteiger charge is 2.20. The van der Waals surface area contributed by atoms with Crippen LogP contribution in [-0.2, 0) is 24.3 Å². The topological polar surface area (TPSA) is 131 Å². The number of ether oxygens (including phenoxy) is 1. The molecule has 0 aromatic heterocycles. The van der Waals surface area contributed by atoms with E-state index in [1.807, 2.05) is 0 Å². The fourth-order valence-electron chi connectivity index (χ4n) is 2.90. The molecule has 0 bridgehead atoms. The van der Waals surface area contributed by atoms with Crippen LogP contribution in [0.3, 0.4) is 0 Å². The van der Waals surface area contributed by atoms with Crippen LogP contribution in [0, 0.1) is 11.6 Å². The van der Waals surface area contributed by atoms with E-state index in [1.54, 1.807) is 24.3 Å². The Morgan fingerprint density at radius 3 is 1.92 bits per heavy atom. The maximum atomic E-state index is 13.4. The highest BCUT2D eigenvalue weighted by Crippen LogP contribution is 2.19. The number of hydrogen-bond donors (Lipinski definition) is 3. The van der Waals surface area contributed by atoms with Crippen LogP contribution >= 0.6 is 0 Å². The summed E-state index contributed by atoms with van der Waals surface area (Å²) < 4.78 is 58.5. The van der Waals surface area contributed by atoms with Crippen LogP contribution in [-0.4, -0.2) is 32.3 Å². The number of halogens is 2. The largest absolute Gasteiger partial charge is 0.449 e. The molecular weight excluding hydrogens is 496 g/mol. The number of carbonyl (C=O) groups is 3. The smallest absolute Gasteiger partial charge is 0.338 e. The van der Waals surface area contributed by atoms with Gasteiger partial charge >= 0.3 is 5.97 Å². The molecule has 0 fully saturated rings. The fourth-order valence-corrected chi connectivity index (χ4v) is 3.97. The second-order valence-corrected chi connectivity index (χ2v) is 9.24. The van der Waals surface area contributed by atoms with Crippen molar-refractivity contribution in [2.45, 2.75) is 24.8 Å². The van der Waals surface area contributed by atoms with E-state index < -0.39 is 44.5 Å². The molecule has 2 amide bonds. The predicted octanol–water partition coefficient (Wildman–Crippen LogP) is 3.91. The first-order valence-electron chi connectivity index (χ1n) is 10.4. The summed E-state index contributed by atoms with van der Waals surface area (Å²) in [6.45, 7) is 2.75. The van der Waals surface area contributed by atoms with Crippen LogP contribution in [0.25, 0.3) is 0 Å². The van der Waals surface area contributed by atoms with Crippen molar-refractivity contribution in [1.29, 1.82) is 0 Å². The van der Waals surface area contributed by atoms with E-state index in [2.05, 4.69) is 15.4 Å². The number of sulfonamides is 1. The minimum Gasteiger partial charge on any atom is -0.449 e. The van der Waals surface area contributed by atoms with Crippen molar-refractivity contribution < 1.29 is 36.3 Å². The lowest BCUT2D eigenvalue weighted by atomic mass is 10.2. The van der Waals surface area contributed by atoms with Gasteiger partial charge in [-0.3, -0.25) is 14.3 Å². The van der Waals surface area contributed by atoms with Crippen molar-refractivity contribution in [2.75, 3.05) is 15.4 Å². The summed E-state index contributed by atoms with van der Waals surface area (Å²) in [4.78, 5) is 35.3. The molecule has 0 heterocycles. The summed E-state index contributed by atoms with van der Waals surface area (Å²) in [5, 5.41) is 5.17. The number of benzene rings is 3. The van der Waals surface area contributed by atoms with Gasteiger partial charge in [0.25, 0.3) is 15.9 Å². The molecule has 0 aliphatic rings. The zero-order valence-electron chi connectivity index (χ0n) is 19.0. The third kappa shape index (κ3) is 6.85. The first kappa shape index (κ1) is 26.3. The number of esters is 1. The summed E-state index contributed by atoms with van der Waals surface area (Å²) in [5.74, 6) is -4.14. The van der Waals surface area contributed by atoms with E-state index in [-0.39, 0.29) is 17.2 Å². The van der Waals surface area contributed by atoms with Crippen molar-refractivity contribution in [1.82, 2.24) is 0 Å². The Bertz CT molecular complexity index is 1390. The Hall–Kier alpha value is -4.32. The molecule has 0 aliphatic carbocycles.